The van der Waals surface area contributed by atoms with Crippen molar-refractivity contribution in [1.29, 1.82) is 0 Å². The number of rotatable bonds is 3. The van der Waals surface area contributed by atoms with Gasteiger partial charge in [-0.15, -0.1) is 5.10 Å². The Morgan fingerprint density at radius 2 is 1.83 bits per heavy atom. The first-order valence-electron chi connectivity index (χ1n) is 6.41. The van der Waals surface area contributed by atoms with E-state index in [1.807, 2.05) is 23.2 Å². The second kappa shape index (κ2) is 6.26. The second-order valence-electron chi connectivity index (χ2n) is 4.54. The summed E-state index contributed by atoms with van der Waals surface area (Å²) in [5.74, 6) is 5.70. The molecule has 2 rings (SSSR count). The molecule has 1 saturated heterocycles. The van der Waals surface area contributed by atoms with E-state index in [0.29, 0.717) is 12.5 Å². The molecule has 1 aromatic rings. The largest absolute Gasteiger partial charge is 0.367 e. The zero-order valence-electron chi connectivity index (χ0n) is 10.6. The van der Waals surface area contributed by atoms with Crippen LogP contribution in [0.4, 0.5) is 0 Å². The Hall–Kier alpha value is -1.75. The van der Waals surface area contributed by atoms with Crippen LogP contribution in [0.1, 0.15) is 24.8 Å². The molecule has 0 aromatic heterocycles. The zero-order chi connectivity index (χ0) is 12.8. The van der Waals surface area contributed by atoms with Gasteiger partial charge in [-0.3, -0.25) is 5.01 Å². The highest BCUT2D eigenvalue weighted by atomic mass is 15.7. The maximum absolute atomic E-state index is 5.91. The quantitative estimate of drug-likeness (QED) is 0.363. The van der Waals surface area contributed by atoms with Crippen molar-refractivity contribution in [3.8, 4) is 0 Å². The minimum atomic E-state index is 0.376. The number of hydrazine groups is 1. The van der Waals surface area contributed by atoms with Gasteiger partial charge in [0.15, 0.2) is 0 Å². The van der Waals surface area contributed by atoms with Gasteiger partial charge in [0.25, 0.3) is 0 Å². The molecule has 1 aromatic carbocycles. The average molecular weight is 247 g/mol. The van der Waals surface area contributed by atoms with Gasteiger partial charge in [-0.25, -0.2) is 5.01 Å². The van der Waals surface area contributed by atoms with Crippen molar-refractivity contribution in [1.82, 2.24) is 10.0 Å². The molecule has 0 radical (unpaired) electrons. The lowest BCUT2D eigenvalue weighted by molar-refractivity contribution is 0.0171. The molecule has 1 fully saturated rings. The maximum Gasteiger partial charge on any atom is 0.228 e. The van der Waals surface area contributed by atoms with E-state index in [0.717, 1.165) is 13.1 Å². The molecule has 18 heavy (non-hydrogen) atoms. The summed E-state index contributed by atoms with van der Waals surface area (Å²) in [6.45, 7) is 2.75. The van der Waals surface area contributed by atoms with E-state index in [1.165, 1.54) is 24.8 Å². The normalized spacial score (nSPS) is 17.7. The maximum atomic E-state index is 5.91. The zero-order valence-corrected chi connectivity index (χ0v) is 10.6. The Bertz CT molecular complexity index is 384. The molecule has 0 spiro atoms. The van der Waals surface area contributed by atoms with Crippen LogP contribution in [0.2, 0.25) is 0 Å². The van der Waals surface area contributed by atoms with Crippen molar-refractivity contribution in [2.24, 2.45) is 16.7 Å². The topological polar surface area (TPSA) is 70.9 Å². The van der Waals surface area contributed by atoms with Crippen LogP contribution in [0.25, 0.3) is 0 Å². The van der Waals surface area contributed by atoms with Crippen LogP contribution in [0, 0.1) is 0 Å². The van der Waals surface area contributed by atoms with E-state index in [9.17, 15) is 0 Å². The van der Waals surface area contributed by atoms with Gasteiger partial charge in [0, 0.05) is 13.1 Å². The predicted molar refractivity (Wildman–Crippen MR) is 73.2 cm³/mol. The van der Waals surface area contributed by atoms with Gasteiger partial charge < -0.3 is 11.6 Å². The minimum absolute atomic E-state index is 0.376. The summed E-state index contributed by atoms with van der Waals surface area (Å²) >= 11 is 0. The second-order valence-corrected chi connectivity index (χ2v) is 4.54. The first kappa shape index (κ1) is 12.7. The highest BCUT2D eigenvalue weighted by molar-refractivity contribution is 5.77. The lowest BCUT2D eigenvalue weighted by Gasteiger charge is -2.37. The number of nitrogens with zero attached hydrogens (tertiary/aromatic N) is 3. The van der Waals surface area contributed by atoms with Gasteiger partial charge in [0.05, 0.1) is 6.54 Å². The molecule has 0 aliphatic carbocycles. The van der Waals surface area contributed by atoms with Crippen molar-refractivity contribution in [3.63, 3.8) is 0 Å². The number of hydrogen-bond donors (Lipinski definition) is 2. The Morgan fingerprint density at radius 1 is 1.17 bits per heavy atom. The Balaban J connectivity index is 2.10. The highest BCUT2D eigenvalue weighted by Crippen LogP contribution is 2.14. The monoisotopic (exact) mass is 247 g/mol. The highest BCUT2D eigenvalue weighted by Gasteiger charge is 2.20. The van der Waals surface area contributed by atoms with E-state index < -0.39 is 0 Å². The smallest absolute Gasteiger partial charge is 0.228 e. The summed E-state index contributed by atoms with van der Waals surface area (Å²) < 4.78 is 0. The van der Waals surface area contributed by atoms with Crippen LogP contribution in [-0.4, -0.2) is 29.1 Å². The van der Waals surface area contributed by atoms with Gasteiger partial charge in [0.2, 0.25) is 5.96 Å². The summed E-state index contributed by atoms with van der Waals surface area (Å²) in [7, 11) is 0. The molecular formula is C13H21N5. The summed E-state index contributed by atoms with van der Waals surface area (Å²) in [6.07, 6.45) is 3.68. The number of hydrogen-bond acceptors (Lipinski definition) is 3. The van der Waals surface area contributed by atoms with E-state index in [4.69, 9.17) is 11.6 Å². The first-order chi connectivity index (χ1) is 8.81. The lowest BCUT2D eigenvalue weighted by Crippen LogP contribution is -2.51. The van der Waals surface area contributed by atoms with Crippen molar-refractivity contribution in [2.75, 3.05) is 13.1 Å². The molecule has 5 nitrogen and oxygen atoms in total. The predicted octanol–water partition coefficient (Wildman–Crippen LogP) is 1.08. The Kier molecular flexibility index (Phi) is 4.41. The molecule has 5 heteroatoms. The molecule has 0 bridgehead atoms. The summed E-state index contributed by atoms with van der Waals surface area (Å²) in [6, 6.07) is 10.2. The van der Waals surface area contributed by atoms with Crippen LogP contribution in [0.15, 0.2) is 35.4 Å². The fourth-order valence-electron chi connectivity index (χ4n) is 2.27. The fourth-order valence-corrected chi connectivity index (χ4v) is 2.27. The molecule has 0 saturated carbocycles. The molecular weight excluding hydrogens is 226 g/mol. The van der Waals surface area contributed by atoms with Crippen molar-refractivity contribution >= 4 is 5.96 Å². The summed E-state index contributed by atoms with van der Waals surface area (Å²) in [5, 5.41) is 7.86. The number of piperidine rings is 1. The van der Waals surface area contributed by atoms with Crippen LogP contribution in [0.3, 0.4) is 0 Å². The molecule has 98 valence electrons. The third kappa shape index (κ3) is 3.13. The van der Waals surface area contributed by atoms with Crippen molar-refractivity contribution in [2.45, 2.75) is 25.8 Å². The number of hydrazone groups is 1. The summed E-state index contributed by atoms with van der Waals surface area (Å²) in [4.78, 5) is 0. The molecule has 0 amide bonds. The molecule has 1 heterocycles. The van der Waals surface area contributed by atoms with Crippen molar-refractivity contribution < 1.29 is 0 Å². The van der Waals surface area contributed by atoms with Gasteiger partial charge in [-0.05, 0) is 18.4 Å². The van der Waals surface area contributed by atoms with Crippen LogP contribution in [-0.2, 0) is 6.54 Å². The van der Waals surface area contributed by atoms with Gasteiger partial charge in [0.1, 0.15) is 0 Å². The Morgan fingerprint density at radius 3 is 2.44 bits per heavy atom. The van der Waals surface area contributed by atoms with Crippen LogP contribution < -0.4 is 11.6 Å². The van der Waals surface area contributed by atoms with Crippen LogP contribution >= 0.6 is 0 Å². The minimum Gasteiger partial charge on any atom is -0.367 e. The van der Waals surface area contributed by atoms with E-state index in [1.54, 1.807) is 0 Å². The third-order valence-electron chi connectivity index (χ3n) is 3.25. The first-order valence-corrected chi connectivity index (χ1v) is 6.41. The number of benzene rings is 1. The third-order valence-corrected chi connectivity index (χ3v) is 3.25. The van der Waals surface area contributed by atoms with Gasteiger partial charge >= 0.3 is 0 Å². The number of guanidine groups is 1. The number of nitrogens with two attached hydrogens (primary N) is 2. The molecule has 0 atom stereocenters. The SMILES string of the molecule is NN=C(N)N(Cc1ccccc1)N1CCCCC1. The fraction of sp³-hybridized carbons (Fsp3) is 0.462. The molecule has 1 aliphatic heterocycles. The van der Waals surface area contributed by atoms with Crippen molar-refractivity contribution in [3.05, 3.63) is 35.9 Å². The molecule has 0 unspecified atom stereocenters. The van der Waals surface area contributed by atoms with Crippen LogP contribution in [0.5, 0.6) is 0 Å². The molecule has 1 aliphatic rings. The molecule has 4 N–H and O–H groups in total. The van der Waals surface area contributed by atoms with E-state index >= 15 is 0 Å². The lowest BCUT2D eigenvalue weighted by atomic mass is 10.1. The standard InChI is InChI=1S/C13H21N5/c14-13(16-15)18(17-9-5-2-6-10-17)11-12-7-3-1-4-8-12/h1,3-4,7-8H,2,5-6,9-11,15H2,(H2,14,16). The summed E-state index contributed by atoms with van der Waals surface area (Å²) in [5.41, 5.74) is 7.11. The van der Waals surface area contributed by atoms with Gasteiger partial charge in [-0.1, -0.05) is 36.8 Å². The van der Waals surface area contributed by atoms with Gasteiger partial charge in [-0.2, -0.15) is 0 Å². The van der Waals surface area contributed by atoms with E-state index in [2.05, 4.69) is 22.2 Å². The van der Waals surface area contributed by atoms with E-state index in [-0.39, 0.29) is 0 Å². The Labute approximate surface area is 108 Å². The average Bonchev–Trinajstić information content (AvgIpc) is 2.46.